The lowest BCUT2D eigenvalue weighted by Gasteiger charge is -2.16. The number of aliphatic carboxylic acids is 1. The van der Waals surface area contributed by atoms with Crippen LogP contribution in [0.4, 0.5) is 0 Å². The van der Waals surface area contributed by atoms with E-state index in [9.17, 15) is 14.4 Å². The Bertz CT molecular complexity index is 472. The summed E-state index contributed by atoms with van der Waals surface area (Å²) in [6.07, 6.45) is -0.214. The van der Waals surface area contributed by atoms with Crippen molar-refractivity contribution in [2.45, 2.75) is 32.4 Å². The van der Waals surface area contributed by atoms with Crippen LogP contribution in [0.5, 0.6) is 0 Å². The van der Waals surface area contributed by atoms with Crippen molar-refractivity contribution >= 4 is 17.8 Å². The van der Waals surface area contributed by atoms with Crippen LogP contribution >= 0.6 is 0 Å². The van der Waals surface area contributed by atoms with E-state index in [1.807, 2.05) is 18.2 Å². The van der Waals surface area contributed by atoms with Gasteiger partial charge in [0, 0.05) is 13.3 Å². The largest absolute Gasteiger partial charge is 0.481 e. The first-order chi connectivity index (χ1) is 9.49. The summed E-state index contributed by atoms with van der Waals surface area (Å²) >= 11 is 0. The molecule has 0 saturated carbocycles. The predicted molar refractivity (Wildman–Crippen MR) is 70.7 cm³/mol. The highest BCUT2D eigenvalue weighted by Crippen LogP contribution is 2.05. The molecule has 6 nitrogen and oxygen atoms in total. The molecule has 20 heavy (non-hydrogen) atoms. The van der Waals surface area contributed by atoms with Crippen LogP contribution in [0.1, 0.15) is 25.3 Å². The molecule has 2 N–H and O–H groups in total. The van der Waals surface area contributed by atoms with Gasteiger partial charge in [-0.25, -0.2) is 4.79 Å². The lowest BCUT2D eigenvalue weighted by atomic mass is 10.1. The van der Waals surface area contributed by atoms with Crippen LogP contribution in [-0.4, -0.2) is 29.0 Å². The van der Waals surface area contributed by atoms with E-state index in [4.69, 9.17) is 9.84 Å². The molecule has 0 fully saturated rings. The molecule has 0 radical (unpaired) electrons. The van der Waals surface area contributed by atoms with E-state index in [0.717, 1.165) is 5.56 Å². The molecule has 1 rings (SSSR count). The van der Waals surface area contributed by atoms with Gasteiger partial charge in [0.05, 0.1) is 0 Å². The third-order valence-electron chi connectivity index (χ3n) is 2.53. The fourth-order valence-corrected chi connectivity index (χ4v) is 1.59. The van der Waals surface area contributed by atoms with Crippen LogP contribution in [0, 0.1) is 0 Å². The molecule has 0 aromatic heterocycles. The van der Waals surface area contributed by atoms with Crippen LogP contribution in [0.25, 0.3) is 0 Å². The van der Waals surface area contributed by atoms with Crippen molar-refractivity contribution in [1.82, 2.24) is 5.32 Å². The van der Waals surface area contributed by atoms with E-state index in [0.29, 0.717) is 0 Å². The Kier molecular flexibility index (Phi) is 6.22. The molecule has 0 spiro atoms. The van der Waals surface area contributed by atoms with Gasteiger partial charge in [-0.15, -0.1) is 0 Å². The summed E-state index contributed by atoms with van der Waals surface area (Å²) in [6, 6.07) is 8.15. The molecule has 6 heteroatoms. The zero-order valence-electron chi connectivity index (χ0n) is 11.2. The summed E-state index contributed by atoms with van der Waals surface area (Å²) in [7, 11) is 0. The summed E-state index contributed by atoms with van der Waals surface area (Å²) in [6.45, 7) is 1.35. The number of amides is 1. The van der Waals surface area contributed by atoms with Gasteiger partial charge in [-0.1, -0.05) is 30.3 Å². The van der Waals surface area contributed by atoms with E-state index in [2.05, 4.69) is 5.32 Å². The number of hydrogen-bond donors (Lipinski definition) is 2. The standard InChI is InChI=1S/C14H17NO5/c1-10(16)15-12(7-8-13(17)18)14(19)20-9-11-5-3-2-4-6-11/h2-6,12H,7-9H2,1H3,(H,15,16)(H,17,18)/t12-/m0/s1. The van der Waals surface area contributed by atoms with Gasteiger partial charge in [0.15, 0.2) is 0 Å². The Morgan fingerprint density at radius 2 is 1.90 bits per heavy atom. The minimum absolute atomic E-state index is 0.00252. The SMILES string of the molecule is CC(=O)N[C@@H](CCC(=O)O)C(=O)OCc1ccccc1. The van der Waals surface area contributed by atoms with Crippen LogP contribution in [0.2, 0.25) is 0 Å². The van der Waals surface area contributed by atoms with E-state index < -0.39 is 23.9 Å². The van der Waals surface area contributed by atoms with Gasteiger partial charge in [-0.3, -0.25) is 9.59 Å². The fourth-order valence-electron chi connectivity index (χ4n) is 1.59. The lowest BCUT2D eigenvalue weighted by Crippen LogP contribution is -2.41. The highest BCUT2D eigenvalue weighted by Gasteiger charge is 2.21. The Hall–Kier alpha value is -2.37. The van der Waals surface area contributed by atoms with Crippen molar-refractivity contribution in [3.05, 3.63) is 35.9 Å². The first-order valence-electron chi connectivity index (χ1n) is 6.18. The number of nitrogens with one attached hydrogen (secondary N) is 1. The zero-order valence-corrected chi connectivity index (χ0v) is 11.2. The van der Waals surface area contributed by atoms with Crippen molar-refractivity contribution in [3.63, 3.8) is 0 Å². The number of hydrogen-bond acceptors (Lipinski definition) is 4. The molecule has 1 aromatic carbocycles. The van der Waals surface area contributed by atoms with Crippen LogP contribution in [0.3, 0.4) is 0 Å². The fraction of sp³-hybridized carbons (Fsp3) is 0.357. The van der Waals surface area contributed by atoms with Crippen LogP contribution in [-0.2, 0) is 25.7 Å². The maximum atomic E-state index is 11.8. The van der Waals surface area contributed by atoms with Crippen molar-refractivity contribution in [3.8, 4) is 0 Å². The summed E-state index contributed by atoms with van der Waals surface area (Å²) in [5.41, 5.74) is 0.820. The molecule has 0 unspecified atom stereocenters. The van der Waals surface area contributed by atoms with Crippen molar-refractivity contribution in [2.75, 3.05) is 0 Å². The molecule has 0 bridgehead atoms. The lowest BCUT2D eigenvalue weighted by molar-refractivity contribution is -0.149. The summed E-state index contributed by atoms with van der Waals surface area (Å²) in [4.78, 5) is 33.4. The Morgan fingerprint density at radius 1 is 1.25 bits per heavy atom. The summed E-state index contributed by atoms with van der Waals surface area (Å²) < 4.78 is 5.08. The number of rotatable bonds is 7. The monoisotopic (exact) mass is 279 g/mol. The number of ether oxygens (including phenoxy) is 1. The van der Waals surface area contributed by atoms with Crippen molar-refractivity contribution in [2.24, 2.45) is 0 Å². The van der Waals surface area contributed by atoms with Gasteiger partial charge in [0.2, 0.25) is 5.91 Å². The molecule has 0 heterocycles. The quantitative estimate of drug-likeness (QED) is 0.729. The second-order valence-electron chi connectivity index (χ2n) is 4.28. The molecule has 0 aliphatic rings. The number of carboxylic acid groups (broad SMARTS) is 1. The van der Waals surface area contributed by atoms with E-state index in [1.165, 1.54) is 6.92 Å². The Morgan fingerprint density at radius 3 is 2.45 bits per heavy atom. The highest BCUT2D eigenvalue weighted by atomic mass is 16.5. The minimum atomic E-state index is -1.03. The third kappa shape index (κ3) is 5.99. The number of benzene rings is 1. The van der Waals surface area contributed by atoms with Crippen LogP contribution < -0.4 is 5.32 Å². The number of carbonyl (C=O) groups excluding carboxylic acids is 2. The van der Waals surface area contributed by atoms with Gasteiger partial charge >= 0.3 is 11.9 Å². The number of carboxylic acids is 1. The van der Waals surface area contributed by atoms with Crippen LogP contribution in [0.15, 0.2) is 30.3 Å². The number of esters is 1. The van der Waals surface area contributed by atoms with E-state index in [1.54, 1.807) is 12.1 Å². The van der Waals surface area contributed by atoms with Gasteiger partial charge in [-0.2, -0.15) is 0 Å². The van der Waals surface area contributed by atoms with E-state index >= 15 is 0 Å². The third-order valence-corrected chi connectivity index (χ3v) is 2.53. The second-order valence-corrected chi connectivity index (χ2v) is 4.28. The molecule has 1 amide bonds. The highest BCUT2D eigenvalue weighted by molar-refractivity contribution is 5.83. The van der Waals surface area contributed by atoms with E-state index in [-0.39, 0.29) is 19.4 Å². The normalized spacial score (nSPS) is 11.4. The van der Waals surface area contributed by atoms with Crippen molar-refractivity contribution in [1.29, 1.82) is 0 Å². The molecule has 1 atom stereocenters. The topological polar surface area (TPSA) is 92.7 Å². The van der Waals surface area contributed by atoms with Crippen molar-refractivity contribution < 1.29 is 24.2 Å². The first-order valence-corrected chi connectivity index (χ1v) is 6.18. The average Bonchev–Trinajstić information content (AvgIpc) is 2.41. The summed E-state index contributed by atoms with van der Waals surface area (Å²) in [5.74, 6) is -2.07. The zero-order chi connectivity index (χ0) is 15.0. The molecule has 0 aliphatic heterocycles. The molecular formula is C14H17NO5. The van der Waals surface area contributed by atoms with Gasteiger partial charge in [-0.05, 0) is 12.0 Å². The molecule has 0 aliphatic carbocycles. The predicted octanol–water partition coefficient (Wildman–Crippen LogP) is 1.10. The maximum absolute atomic E-state index is 11.8. The minimum Gasteiger partial charge on any atom is -0.481 e. The Labute approximate surface area is 116 Å². The number of carbonyl (C=O) groups is 3. The summed E-state index contributed by atoms with van der Waals surface area (Å²) in [5, 5.41) is 11.0. The molecule has 1 aromatic rings. The Balaban J connectivity index is 2.53. The molecular weight excluding hydrogens is 262 g/mol. The van der Waals surface area contributed by atoms with Gasteiger partial charge in [0.1, 0.15) is 12.6 Å². The molecule has 108 valence electrons. The van der Waals surface area contributed by atoms with Gasteiger partial charge in [0.25, 0.3) is 0 Å². The first kappa shape index (κ1) is 15.7. The average molecular weight is 279 g/mol. The second kappa shape index (κ2) is 7.93. The smallest absolute Gasteiger partial charge is 0.328 e. The maximum Gasteiger partial charge on any atom is 0.328 e. The van der Waals surface area contributed by atoms with Gasteiger partial charge < -0.3 is 15.2 Å². The molecule has 0 saturated heterocycles.